The Morgan fingerprint density at radius 1 is 1.29 bits per heavy atom. The summed E-state index contributed by atoms with van der Waals surface area (Å²) in [7, 11) is 0. The number of imide groups is 1. The Morgan fingerprint density at radius 3 is 2.68 bits per heavy atom. The zero-order valence-electron chi connectivity index (χ0n) is 18.5. The van der Waals surface area contributed by atoms with Gasteiger partial charge in [-0.2, -0.15) is 0 Å². The van der Waals surface area contributed by atoms with Crippen LogP contribution in [0.2, 0.25) is 0 Å². The lowest BCUT2D eigenvalue weighted by Gasteiger charge is -2.46. The molecule has 0 radical (unpaired) electrons. The van der Waals surface area contributed by atoms with Crippen molar-refractivity contribution in [2.75, 3.05) is 13.1 Å². The van der Waals surface area contributed by atoms with E-state index in [1.807, 2.05) is 13.0 Å². The number of nitrogens with zero attached hydrogens (tertiary/aromatic N) is 3. The van der Waals surface area contributed by atoms with Gasteiger partial charge in [-0.15, -0.1) is 0 Å². The normalized spacial score (nSPS) is 31.6. The molecule has 3 amide bonds. The topological polar surface area (TPSA) is 201 Å². The lowest BCUT2D eigenvalue weighted by molar-refractivity contribution is -0.521. The second-order valence-corrected chi connectivity index (χ2v) is 9.11. The van der Waals surface area contributed by atoms with Crippen LogP contribution >= 0.6 is 0 Å². The summed E-state index contributed by atoms with van der Waals surface area (Å²) < 4.78 is 0. The molecule has 1 aromatic rings. The summed E-state index contributed by atoms with van der Waals surface area (Å²) in [6, 6.07) is 4.02. The van der Waals surface area contributed by atoms with Gasteiger partial charge in [-0.25, -0.2) is 10.3 Å². The fourth-order valence-corrected chi connectivity index (χ4v) is 5.36. The van der Waals surface area contributed by atoms with Gasteiger partial charge in [0.25, 0.3) is 11.6 Å². The maximum Gasteiger partial charge on any atom is 0.343 e. The van der Waals surface area contributed by atoms with E-state index in [1.54, 1.807) is 18.2 Å². The molecule has 34 heavy (non-hydrogen) atoms. The Labute approximate surface area is 194 Å². The SMILES string of the molecule is Cc1cccc(C(=O)N[C@H]2CN3C(N)=N[C@@H](CN4C(=O)CCC4=O)[C@@H]4[NH+]=C(N)N[C@@]43C2(O)O)c1. The number of likely N-dealkylation sites (tertiary alicyclic amines) is 1. The monoisotopic (exact) mass is 471 g/mol. The molecule has 4 aliphatic heterocycles. The third-order valence-electron chi connectivity index (χ3n) is 6.99. The quantitative estimate of drug-likeness (QED) is 0.166. The van der Waals surface area contributed by atoms with Gasteiger partial charge in [0.1, 0.15) is 12.1 Å². The van der Waals surface area contributed by atoms with E-state index in [4.69, 9.17) is 11.5 Å². The molecule has 4 aliphatic rings. The first kappa shape index (κ1) is 22.1. The standard InChI is InChI=1S/C21H26N8O5/c1-10-3-2-4-11(7-10)17(32)25-13-9-29-19(23)24-12(8-28-14(30)5-6-15(28)31)16-20(29,21(13,33)34)27-18(22)26-16/h2-4,7,12-13,16,33-34H,5-6,8-9H2,1H3,(H2,23,24)(H,25,32)(H3,22,26,27)/p+1/t12-,13-,16-,20-/m0/s1. The third kappa shape index (κ3) is 3.04. The highest BCUT2D eigenvalue weighted by atomic mass is 16.5. The minimum absolute atomic E-state index is 0.0378. The number of nitrogens with two attached hydrogens (primary N) is 2. The molecule has 0 bridgehead atoms. The summed E-state index contributed by atoms with van der Waals surface area (Å²) in [5, 5.41) is 28.5. The van der Waals surface area contributed by atoms with Crippen molar-refractivity contribution in [1.29, 1.82) is 0 Å². The number of hydrogen-bond donors (Lipinski definition) is 7. The van der Waals surface area contributed by atoms with Gasteiger partial charge in [0.15, 0.2) is 12.0 Å². The van der Waals surface area contributed by atoms with Crippen molar-refractivity contribution in [2.24, 2.45) is 16.5 Å². The Bertz CT molecular complexity index is 1130. The van der Waals surface area contributed by atoms with Crippen LogP contribution in [0.5, 0.6) is 0 Å². The molecule has 0 aliphatic carbocycles. The number of carbonyl (C=O) groups excluding carboxylic acids is 3. The second kappa shape index (κ2) is 7.40. The van der Waals surface area contributed by atoms with Crippen LogP contribution in [0.25, 0.3) is 0 Å². The second-order valence-electron chi connectivity index (χ2n) is 9.11. The Balaban J connectivity index is 1.47. The molecule has 4 heterocycles. The molecule has 0 unspecified atom stereocenters. The lowest BCUT2D eigenvalue weighted by Crippen LogP contribution is -2.90. The summed E-state index contributed by atoms with van der Waals surface area (Å²) in [5.74, 6) is -3.70. The van der Waals surface area contributed by atoms with E-state index >= 15 is 0 Å². The molecule has 4 atom stereocenters. The van der Waals surface area contributed by atoms with Crippen molar-refractivity contribution in [3.8, 4) is 0 Å². The smallest absolute Gasteiger partial charge is 0.343 e. The fraction of sp³-hybridized carbons (Fsp3) is 0.476. The van der Waals surface area contributed by atoms with Crippen LogP contribution in [0.15, 0.2) is 29.3 Å². The van der Waals surface area contributed by atoms with Crippen LogP contribution < -0.4 is 27.1 Å². The molecule has 13 heteroatoms. The third-order valence-corrected chi connectivity index (χ3v) is 6.99. The number of guanidine groups is 2. The highest BCUT2D eigenvalue weighted by molar-refractivity contribution is 6.02. The molecule has 9 N–H and O–H groups in total. The van der Waals surface area contributed by atoms with Gasteiger partial charge in [0, 0.05) is 18.4 Å². The minimum Gasteiger partial charge on any atom is -0.370 e. The van der Waals surface area contributed by atoms with Gasteiger partial charge in [-0.05, 0) is 19.1 Å². The van der Waals surface area contributed by atoms with Crippen molar-refractivity contribution in [3.63, 3.8) is 0 Å². The molecule has 180 valence electrons. The number of rotatable bonds is 4. The van der Waals surface area contributed by atoms with Crippen LogP contribution in [0.1, 0.15) is 28.8 Å². The van der Waals surface area contributed by atoms with E-state index in [9.17, 15) is 24.6 Å². The number of nitrogens with one attached hydrogen (secondary N) is 3. The average molecular weight is 471 g/mol. The molecular formula is C21H27N8O5+. The van der Waals surface area contributed by atoms with Crippen LogP contribution in [-0.4, -0.2) is 92.3 Å². The van der Waals surface area contributed by atoms with Gasteiger partial charge in [-0.3, -0.25) is 34.9 Å². The first-order valence-electron chi connectivity index (χ1n) is 11.0. The number of amides is 3. The van der Waals surface area contributed by atoms with E-state index in [2.05, 4.69) is 20.6 Å². The Hall–Kier alpha value is -3.71. The molecule has 0 aromatic heterocycles. The number of aliphatic hydroxyl groups is 2. The number of aliphatic imine (C=N–C) groups is 1. The van der Waals surface area contributed by atoms with E-state index in [0.29, 0.717) is 5.56 Å². The zero-order valence-corrected chi connectivity index (χ0v) is 18.5. The number of hydrogen-bond acceptors (Lipinski definition) is 10. The van der Waals surface area contributed by atoms with E-state index in [-0.39, 0.29) is 49.7 Å². The maximum atomic E-state index is 12.9. The van der Waals surface area contributed by atoms with E-state index in [0.717, 1.165) is 10.5 Å². The first-order valence-corrected chi connectivity index (χ1v) is 11.0. The molecular weight excluding hydrogens is 444 g/mol. The van der Waals surface area contributed by atoms with Crippen LogP contribution in [-0.2, 0) is 9.59 Å². The summed E-state index contributed by atoms with van der Waals surface area (Å²) in [5.41, 5.74) is 11.8. The lowest BCUT2D eigenvalue weighted by atomic mass is 9.84. The van der Waals surface area contributed by atoms with Crippen molar-refractivity contribution in [1.82, 2.24) is 20.4 Å². The maximum absolute atomic E-state index is 12.9. The molecule has 13 nitrogen and oxygen atoms in total. The molecule has 5 rings (SSSR count). The summed E-state index contributed by atoms with van der Waals surface area (Å²) in [6.07, 6.45) is 0.229. The Morgan fingerprint density at radius 2 is 2.00 bits per heavy atom. The van der Waals surface area contributed by atoms with Crippen molar-refractivity contribution >= 4 is 29.6 Å². The van der Waals surface area contributed by atoms with Crippen LogP contribution in [0, 0.1) is 6.92 Å². The van der Waals surface area contributed by atoms with E-state index < -0.39 is 35.5 Å². The Kier molecular flexibility index (Phi) is 4.81. The predicted molar refractivity (Wildman–Crippen MR) is 117 cm³/mol. The van der Waals surface area contributed by atoms with Crippen LogP contribution in [0.3, 0.4) is 0 Å². The number of benzene rings is 1. The van der Waals surface area contributed by atoms with Crippen molar-refractivity contribution in [3.05, 3.63) is 35.4 Å². The number of carbonyl (C=O) groups is 3. The van der Waals surface area contributed by atoms with E-state index in [1.165, 1.54) is 4.90 Å². The largest absolute Gasteiger partial charge is 0.370 e. The van der Waals surface area contributed by atoms with Crippen molar-refractivity contribution < 1.29 is 29.6 Å². The predicted octanol–water partition coefficient (Wildman–Crippen LogP) is -5.00. The molecule has 2 fully saturated rings. The average Bonchev–Trinajstić information content (AvgIpc) is 3.36. The molecule has 1 spiro atoms. The molecule has 2 saturated heterocycles. The van der Waals surface area contributed by atoms with Crippen molar-refractivity contribution in [2.45, 2.75) is 49.3 Å². The van der Waals surface area contributed by atoms with Gasteiger partial charge in [-0.1, -0.05) is 17.7 Å². The number of aryl methyl sites for hydroxylation is 1. The molecule has 0 saturated carbocycles. The summed E-state index contributed by atoms with van der Waals surface area (Å²) in [6.45, 7) is 1.67. The zero-order chi connectivity index (χ0) is 24.4. The van der Waals surface area contributed by atoms with Crippen LogP contribution in [0.4, 0.5) is 0 Å². The molecule has 1 aromatic carbocycles. The fourth-order valence-electron chi connectivity index (χ4n) is 5.36. The first-order chi connectivity index (χ1) is 16.0. The van der Waals surface area contributed by atoms with Gasteiger partial charge in [0.05, 0.1) is 13.1 Å². The van der Waals surface area contributed by atoms with Gasteiger partial charge < -0.3 is 21.3 Å². The van der Waals surface area contributed by atoms with Gasteiger partial charge in [0.2, 0.25) is 17.6 Å². The highest BCUT2D eigenvalue weighted by Crippen LogP contribution is 2.41. The highest BCUT2D eigenvalue weighted by Gasteiger charge is 2.76. The summed E-state index contributed by atoms with van der Waals surface area (Å²) >= 11 is 0. The van der Waals surface area contributed by atoms with Gasteiger partial charge >= 0.3 is 5.96 Å². The summed E-state index contributed by atoms with van der Waals surface area (Å²) in [4.78, 5) is 47.2. The minimum atomic E-state index is -2.57.